The van der Waals surface area contributed by atoms with Gasteiger partial charge in [0, 0.05) is 12.0 Å². The fourth-order valence-corrected chi connectivity index (χ4v) is 4.41. The Kier molecular flexibility index (Phi) is 14.8. The van der Waals surface area contributed by atoms with Crippen molar-refractivity contribution in [3.63, 3.8) is 0 Å². The van der Waals surface area contributed by atoms with E-state index in [1.165, 1.54) is 114 Å². The van der Waals surface area contributed by atoms with Gasteiger partial charge in [-0.3, -0.25) is 4.98 Å². The first-order valence-corrected chi connectivity index (χ1v) is 13.3. The first-order chi connectivity index (χ1) is 15.4. The van der Waals surface area contributed by atoms with Gasteiger partial charge in [0.15, 0.2) is 18.4 Å². The van der Waals surface area contributed by atoms with E-state index in [2.05, 4.69) is 53.0 Å². The van der Waals surface area contributed by atoms with E-state index in [4.69, 9.17) is 0 Å². The quantitative estimate of drug-likeness (QED) is 0.164. The lowest BCUT2D eigenvalue weighted by molar-refractivity contribution is -0.696. The predicted octanol–water partition coefficient (Wildman–Crippen LogP) is 8.22. The zero-order chi connectivity index (χ0) is 21.8. The summed E-state index contributed by atoms with van der Waals surface area (Å²) in [7, 11) is 0. The summed E-state index contributed by atoms with van der Waals surface area (Å²) in [5.74, 6) is 0. The highest BCUT2D eigenvalue weighted by atomic mass is 15.0. The number of nitrogens with zero attached hydrogens (tertiary/aromatic N) is 2. The average molecular weight is 424 g/mol. The molecule has 2 heteroatoms. The highest BCUT2D eigenvalue weighted by molar-refractivity contribution is 5.13. The molecule has 0 N–H and O–H groups in total. The second kappa shape index (κ2) is 17.9. The lowest BCUT2D eigenvalue weighted by Gasteiger charge is -2.05. The van der Waals surface area contributed by atoms with E-state index < -0.39 is 0 Å². The molecule has 0 bridgehead atoms. The smallest absolute Gasteiger partial charge is 0.200 e. The molecule has 0 spiro atoms. The van der Waals surface area contributed by atoms with Gasteiger partial charge in [-0.05, 0) is 6.42 Å². The molecule has 0 saturated heterocycles. The van der Waals surface area contributed by atoms with E-state index in [-0.39, 0.29) is 0 Å². The van der Waals surface area contributed by atoms with E-state index in [0.29, 0.717) is 0 Å². The summed E-state index contributed by atoms with van der Waals surface area (Å²) in [6.07, 6.45) is 30.0. The molecule has 0 unspecified atom stereocenters. The molecule has 0 radical (unpaired) electrons. The van der Waals surface area contributed by atoms with Crippen LogP contribution in [-0.2, 0) is 13.0 Å². The zero-order valence-corrected chi connectivity index (χ0v) is 20.2. The van der Waals surface area contributed by atoms with E-state index in [1.54, 1.807) is 0 Å². The van der Waals surface area contributed by atoms with E-state index >= 15 is 0 Å². The van der Waals surface area contributed by atoms with Crippen molar-refractivity contribution in [2.24, 2.45) is 0 Å². The van der Waals surface area contributed by atoms with Gasteiger partial charge >= 0.3 is 0 Å². The molecule has 0 atom stereocenters. The first-order valence-electron chi connectivity index (χ1n) is 13.3. The molecule has 172 valence electrons. The van der Waals surface area contributed by atoms with Crippen molar-refractivity contribution in [2.75, 3.05) is 0 Å². The molecule has 2 nitrogen and oxygen atoms in total. The Morgan fingerprint density at radius 2 is 1.16 bits per heavy atom. The third kappa shape index (κ3) is 12.7. The van der Waals surface area contributed by atoms with Gasteiger partial charge in [0.05, 0.1) is 12.4 Å². The van der Waals surface area contributed by atoms with Crippen LogP contribution in [0.5, 0.6) is 0 Å². The summed E-state index contributed by atoms with van der Waals surface area (Å²) in [5.41, 5.74) is 2.71. The predicted molar refractivity (Wildman–Crippen MR) is 133 cm³/mol. The van der Waals surface area contributed by atoms with Gasteiger partial charge in [-0.15, -0.1) is 0 Å². The van der Waals surface area contributed by atoms with Crippen molar-refractivity contribution in [2.45, 2.75) is 123 Å². The third-order valence-electron chi connectivity index (χ3n) is 6.41. The van der Waals surface area contributed by atoms with Crippen LogP contribution in [0.1, 0.15) is 121 Å². The van der Waals surface area contributed by atoms with Crippen molar-refractivity contribution >= 4 is 0 Å². The van der Waals surface area contributed by atoms with Crippen molar-refractivity contribution in [3.05, 3.63) is 60.2 Å². The van der Waals surface area contributed by atoms with Gasteiger partial charge in [0.25, 0.3) is 0 Å². The van der Waals surface area contributed by atoms with Gasteiger partial charge in [0.1, 0.15) is 0 Å². The average Bonchev–Trinajstić information content (AvgIpc) is 2.80. The van der Waals surface area contributed by atoms with E-state index in [1.807, 2.05) is 12.4 Å². The number of rotatable bonds is 19. The molecule has 1 heterocycles. The van der Waals surface area contributed by atoms with Gasteiger partial charge in [-0.2, -0.15) is 4.57 Å². The standard InChI is InChI=1S/C29H47N2/c1-2-3-4-5-6-7-8-9-10-11-12-13-14-15-16-20-23-29-26-30-24-25-31(29)27-28-21-18-17-19-22-28/h17-19,21-22,24-26H,2-16,20,23,27H2,1H3/q+1. The van der Waals surface area contributed by atoms with E-state index in [9.17, 15) is 0 Å². The molecule has 1 aromatic heterocycles. The topological polar surface area (TPSA) is 16.8 Å². The minimum atomic E-state index is 0.942. The minimum Gasteiger partial charge on any atom is -0.252 e. The molecule has 0 aliphatic heterocycles. The van der Waals surface area contributed by atoms with Crippen LogP contribution < -0.4 is 4.57 Å². The van der Waals surface area contributed by atoms with E-state index in [0.717, 1.165) is 13.0 Å². The molecule has 0 fully saturated rings. The minimum absolute atomic E-state index is 0.942. The van der Waals surface area contributed by atoms with Crippen LogP contribution >= 0.6 is 0 Å². The Balaban J connectivity index is 1.42. The molecule has 0 aliphatic carbocycles. The molecular formula is C29H47N2+. The number of hydrogen-bond donors (Lipinski definition) is 0. The second-order valence-corrected chi connectivity index (χ2v) is 9.23. The molecule has 0 amide bonds. The van der Waals surface area contributed by atoms with Crippen LogP contribution in [0, 0.1) is 0 Å². The normalized spacial score (nSPS) is 11.1. The number of aryl methyl sites for hydroxylation is 1. The summed E-state index contributed by atoms with van der Waals surface area (Å²) in [6, 6.07) is 10.7. The Morgan fingerprint density at radius 3 is 1.71 bits per heavy atom. The summed E-state index contributed by atoms with van der Waals surface area (Å²) in [4.78, 5) is 4.36. The second-order valence-electron chi connectivity index (χ2n) is 9.23. The number of aromatic nitrogens is 2. The van der Waals surface area contributed by atoms with Gasteiger partial charge < -0.3 is 0 Å². The van der Waals surface area contributed by atoms with Gasteiger partial charge in [-0.25, -0.2) is 0 Å². The molecular weight excluding hydrogens is 376 g/mol. The maximum Gasteiger partial charge on any atom is 0.200 e. The fraction of sp³-hybridized carbons (Fsp3) is 0.655. The summed E-state index contributed by atoms with van der Waals surface area (Å²) >= 11 is 0. The van der Waals surface area contributed by atoms with Crippen LogP contribution in [-0.4, -0.2) is 4.98 Å². The van der Waals surface area contributed by atoms with Gasteiger partial charge in [-0.1, -0.05) is 134 Å². The van der Waals surface area contributed by atoms with Crippen LogP contribution in [0.4, 0.5) is 0 Å². The molecule has 2 aromatic rings. The Labute approximate surface area is 192 Å². The molecule has 0 aliphatic rings. The lowest BCUT2D eigenvalue weighted by Crippen LogP contribution is -2.38. The largest absolute Gasteiger partial charge is 0.252 e. The molecule has 2 rings (SSSR count). The zero-order valence-electron chi connectivity index (χ0n) is 20.2. The highest BCUT2D eigenvalue weighted by Crippen LogP contribution is 2.14. The molecule has 1 aromatic carbocycles. The monoisotopic (exact) mass is 423 g/mol. The number of hydrogen-bond acceptors (Lipinski definition) is 1. The fourth-order valence-electron chi connectivity index (χ4n) is 4.41. The Morgan fingerprint density at radius 1 is 0.645 bits per heavy atom. The van der Waals surface area contributed by atoms with Crippen LogP contribution in [0.25, 0.3) is 0 Å². The SMILES string of the molecule is CCCCCCCCCCCCCCCCCCc1cncc[n+]1Cc1ccccc1. The number of unbranched alkanes of at least 4 members (excludes halogenated alkanes) is 15. The first kappa shape index (κ1) is 25.6. The van der Waals surface area contributed by atoms with Crippen molar-refractivity contribution in [3.8, 4) is 0 Å². The van der Waals surface area contributed by atoms with Crippen LogP contribution in [0.2, 0.25) is 0 Å². The Hall–Kier alpha value is -1.70. The summed E-state index contributed by atoms with van der Waals surface area (Å²) in [5, 5.41) is 0. The van der Waals surface area contributed by atoms with Crippen LogP contribution in [0.15, 0.2) is 48.9 Å². The van der Waals surface area contributed by atoms with Crippen molar-refractivity contribution < 1.29 is 4.57 Å². The maximum absolute atomic E-state index is 4.36. The summed E-state index contributed by atoms with van der Waals surface area (Å²) in [6.45, 7) is 3.24. The molecule has 31 heavy (non-hydrogen) atoms. The molecule has 0 saturated carbocycles. The van der Waals surface area contributed by atoms with Crippen LogP contribution in [0.3, 0.4) is 0 Å². The summed E-state index contributed by atoms with van der Waals surface area (Å²) < 4.78 is 2.35. The van der Waals surface area contributed by atoms with Crippen molar-refractivity contribution in [1.29, 1.82) is 0 Å². The third-order valence-corrected chi connectivity index (χ3v) is 6.41. The van der Waals surface area contributed by atoms with Crippen molar-refractivity contribution in [1.82, 2.24) is 4.98 Å². The lowest BCUT2D eigenvalue weighted by atomic mass is 10.0. The number of benzene rings is 1. The Bertz CT molecular complexity index is 653. The van der Waals surface area contributed by atoms with Gasteiger partial charge in [0.2, 0.25) is 0 Å². The highest BCUT2D eigenvalue weighted by Gasteiger charge is 2.10. The maximum atomic E-state index is 4.36.